The van der Waals surface area contributed by atoms with Crippen molar-refractivity contribution in [1.29, 1.82) is 0 Å². The van der Waals surface area contributed by atoms with Gasteiger partial charge in [-0.25, -0.2) is 0 Å². The Morgan fingerprint density at radius 3 is 2.53 bits per heavy atom. The summed E-state index contributed by atoms with van der Waals surface area (Å²) >= 11 is 0. The number of rotatable bonds is 4. The first-order valence-electron chi connectivity index (χ1n) is 7.38. The first kappa shape index (κ1) is 14.8. The molecule has 2 atom stereocenters. The van der Waals surface area contributed by atoms with Crippen LogP contribution in [0.5, 0.6) is 0 Å². The van der Waals surface area contributed by atoms with Crippen molar-refractivity contribution in [1.82, 2.24) is 5.32 Å². The molecule has 1 saturated carbocycles. The molecule has 0 spiro atoms. The summed E-state index contributed by atoms with van der Waals surface area (Å²) in [6, 6.07) is 0.771. The lowest BCUT2D eigenvalue weighted by Gasteiger charge is -2.29. The SMILES string of the molecule is C/C=C/CCNC1CCCC(C(C)(C)C)CC1. The van der Waals surface area contributed by atoms with Crippen LogP contribution in [0, 0.1) is 11.3 Å². The van der Waals surface area contributed by atoms with E-state index < -0.39 is 0 Å². The fourth-order valence-electron chi connectivity index (χ4n) is 2.91. The molecule has 100 valence electrons. The van der Waals surface area contributed by atoms with Crippen LogP contribution in [0.4, 0.5) is 0 Å². The van der Waals surface area contributed by atoms with Gasteiger partial charge in [-0.1, -0.05) is 39.3 Å². The van der Waals surface area contributed by atoms with Gasteiger partial charge in [0.2, 0.25) is 0 Å². The highest BCUT2D eigenvalue weighted by Gasteiger charge is 2.27. The maximum atomic E-state index is 3.72. The van der Waals surface area contributed by atoms with Crippen LogP contribution < -0.4 is 5.32 Å². The smallest absolute Gasteiger partial charge is 0.00672 e. The molecule has 0 heterocycles. The van der Waals surface area contributed by atoms with E-state index >= 15 is 0 Å². The largest absolute Gasteiger partial charge is 0.314 e. The molecule has 1 N–H and O–H groups in total. The van der Waals surface area contributed by atoms with Gasteiger partial charge in [0.05, 0.1) is 0 Å². The van der Waals surface area contributed by atoms with Gasteiger partial charge in [0.15, 0.2) is 0 Å². The minimum atomic E-state index is 0.500. The molecule has 0 aromatic carbocycles. The van der Waals surface area contributed by atoms with Crippen LogP contribution in [0.15, 0.2) is 12.2 Å². The fourth-order valence-corrected chi connectivity index (χ4v) is 2.91. The Balaban J connectivity index is 2.27. The minimum Gasteiger partial charge on any atom is -0.314 e. The Kier molecular flexibility index (Phi) is 6.26. The summed E-state index contributed by atoms with van der Waals surface area (Å²) in [5, 5.41) is 3.72. The number of hydrogen-bond acceptors (Lipinski definition) is 1. The predicted octanol–water partition coefficient (Wildman–Crippen LogP) is 4.54. The Hall–Kier alpha value is -0.300. The van der Waals surface area contributed by atoms with Gasteiger partial charge >= 0.3 is 0 Å². The molecule has 17 heavy (non-hydrogen) atoms. The van der Waals surface area contributed by atoms with E-state index in [1.165, 1.54) is 38.5 Å². The lowest BCUT2D eigenvalue weighted by Crippen LogP contribution is -2.29. The zero-order valence-corrected chi connectivity index (χ0v) is 12.3. The van der Waals surface area contributed by atoms with E-state index in [-0.39, 0.29) is 0 Å². The van der Waals surface area contributed by atoms with Crippen LogP contribution in [0.1, 0.15) is 66.2 Å². The molecule has 1 fully saturated rings. The Morgan fingerprint density at radius 2 is 1.88 bits per heavy atom. The molecule has 0 amide bonds. The number of nitrogens with one attached hydrogen (secondary N) is 1. The van der Waals surface area contributed by atoms with Gasteiger partial charge in [0.1, 0.15) is 0 Å². The van der Waals surface area contributed by atoms with Gasteiger partial charge in [0.25, 0.3) is 0 Å². The molecule has 0 bridgehead atoms. The second-order valence-corrected chi connectivity index (χ2v) is 6.58. The summed E-state index contributed by atoms with van der Waals surface area (Å²) < 4.78 is 0. The number of allylic oxidation sites excluding steroid dienone is 1. The van der Waals surface area contributed by atoms with Crippen molar-refractivity contribution in [2.45, 2.75) is 72.3 Å². The number of hydrogen-bond donors (Lipinski definition) is 1. The van der Waals surface area contributed by atoms with Crippen LogP contribution in [-0.4, -0.2) is 12.6 Å². The van der Waals surface area contributed by atoms with Gasteiger partial charge in [0, 0.05) is 6.04 Å². The average Bonchev–Trinajstić information content (AvgIpc) is 2.49. The third kappa shape index (κ3) is 5.72. The van der Waals surface area contributed by atoms with Crippen molar-refractivity contribution in [2.24, 2.45) is 11.3 Å². The molecule has 0 aromatic heterocycles. The lowest BCUT2D eigenvalue weighted by molar-refractivity contribution is 0.213. The van der Waals surface area contributed by atoms with E-state index in [0.29, 0.717) is 5.41 Å². The second kappa shape index (κ2) is 7.20. The van der Waals surface area contributed by atoms with Crippen molar-refractivity contribution in [3.63, 3.8) is 0 Å². The highest BCUT2D eigenvalue weighted by molar-refractivity contribution is 4.82. The van der Waals surface area contributed by atoms with Crippen LogP contribution in [-0.2, 0) is 0 Å². The summed E-state index contributed by atoms with van der Waals surface area (Å²) in [5.41, 5.74) is 0.500. The van der Waals surface area contributed by atoms with E-state index in [0.717, 1.165) is 18.5 Å². The minimum absolute atomic E-state index is 0.500. The van der Waals surface area contributed by atoms with Crippen LogP contribution in [0.25, 0.3) is 0 Å². The Labute approximate surface area is 108 Å². The molecule has 0 aliphatic heterocycles. The quantitative estimate of drug-likeness (QED) is 0.430. The van der Waals surface area contributed by atoms with Crippen LogP contribution >= 0.6 is 0 Å². The molecule has 0 aromatic rings. The molecular weight excluding hydrogens is 206 g/mol. The standard InChI is InChI=1S/C16H31N/c1-5-6-7-13-17-15-10-8-9-14(11-12-15)16(2,3)4/h5-6,14-15,17H,7-13H2,1-4H3/b6-5+. The monoisotopic (exact) mass is 237 g/mol. The molecule has 1 nitrogen and oxygen atoms in total. The molecular formula is C16H31N. The maximum absolute atomic E-state index is 3.72. The molecule has 1 rings (SSSR count). The first-order valence-corrected chi connectivity index (χ1v) is 7.38. The van der Waals surface area contributed by atoms with E-state index in [1.54, 1.807) is 0 Å². The molecule has 0 radical (unpaired) electrons. The van der Waals surface area contributed by atoms with E-state index in [1.807, 2.05) is 0 Å². The second-order valence-electron chi connectivity index (χ2n) is 6.58. The molecule has 2 unspecified atom stereocenters. The maximum Gasteiger partial charge on any atom is 0.00672 e. The summed E-state index contributed by atoms with van der Waals surface area (Å²) in [5.74, 6) is 0.921. The predicted molar refractivity (Wildman–Crippen MR) is 77.3 cm³/mol. The lowest BCUT2D eigenvalue weighted by atomic mass is 9.76. The average molecular weight is 237 g/mol. The van der Waals surface area contributed by atoms with E-state index in [9.17, 15) is 0 Å². The highest BCUT2D eigenvalue weighted by atomic mass is 14.9. The van der Waals surface area contributed by atoms with Crippen molar-refractivity contribution in [3.05, 3.63) is 12.2 Å². The van der Waals surface area contributed by atoms with Gasteiger partial charge in [-0.05, 0) is 56.9 Å². The summed E-state index contributed by atoms with van der Waals surface area (Å²) in [4.78, 5) is 0. The molecule has 1 aliphatic carbocycles. The topological polar surface area (TPSA) is 12.0 Å². The summed E-state index contributed by atoms with van der Waals surface area (Å²) in [7, 11) is 0. The molecule has 1 aliphatic rings. The third-order valence-electron chi connectivity index (χ3n) is 4.17. The van der Waals surface area contributed by atoms with Crippen molar-refractivity contribution in [2.75, 3.05) is 6.54 Å². The van der Waals surface area contributed by atoms with Gasteiger partial charge in [-0.15, -0.1) is 0 Å². The Bertz CT molecular complexity index is 224. The van der Waals surface area contributed by atoms with Crippen molar-refractivity contribution < 1.29 is 0 Å². The summed E-state index contributed by atoms with van der Waals surface area (Å²) in [6.07, 6.45) is 12.6. The highest BCUT2D eigenvalue weighted by Crippen LogP contribution is 2.36. The van der Waals surface area contributed by atoms with Crippen LogP contribution in [0.3, 0.4) is 0 Å². The van der Waals surface area contributed by atoms with Crippen molar-refractivity contribution in [3.8, 4) is 0 Å². The van der Waals surface area contributed by atoms with Gasteiger partial charge < -0.3 is 5.32 Å². The Morgan fingerprint density at radius 1 is 1.12 bits per heavy atom. The molecule has 0 saturated heterocycles. The van der Waals surface area contributed by atoms with Gasteiger partial charge in [-0.3, -0.25) is 0 Å². The normalized spacial score (nSPS) is 27.3. The third-order valence-corrected chi connectivity index (χ3v) is 4.17. The summed E-state index contributed by atoms with van der Waals surface area (Å²) in [6.45, 7) is 10.4. The van der Waals surface area contributed by atoms with E-state index in [4.69, 9.17) is 0 Å². The van der Waals surface area contributed by atoms with Gasteiger partial charge in [-0.2, -0.15) is 0 Å². The first-order chi connectivity index (χ1) is 8.04. The molecule has 1 heteroatoms. The zero-order valence-electron chi connectivity index (χ0n) is 12.3. The van der Waals surface area contributed by atoms with E-state index in [2.05, 4.69) is 45.2 Å². The van der Waals surface area contributed by atoms with Crippen LogP contribution in [0.2, 0.25) is 0 Å². The fraction of sp³-hybridized carbons (Fsp3) is 0.875. The zero-order chi connectivity index (χ0) is 12.7. The van der Waals surface area contributed by atoms with Crippen molar-refractivity contribution >= 4 is 0 Å².